The Kier molecular flexibility index (Phi) is 11.9. The van der Waals surface area contributed by atoms with E-state index in [1.165, 1.54) is 19.2 Å². The number of nitrogens with zero attached hydrogens (tertiary/aromatic N) is 5. The number of hydrogen-bond acceptors (Lipinski definition) is 8. The van der Waals surface area contributed by atoms with Gasteiger partial charge >= 0.3 is 18.2 Å². The number of piperidine rings is 2. The lowest BCUT2D eigenvalue weighted by Gasteiger charge is -2.39. The number of aromatic nitrogens is 4. The van der Waals surface area contributed by atoms with E-state index < -0.39 is 18.2 Å². The van der Waals surface area contributed by atoms with Crippen molar-refractivity contribution in [3.05, 3.63) is 72.4 Å². The van der Waals surface area contributed by atoms with Crippen LogP contribution in [0.5, 0.6) is 0 Å². The van der Waals surface area contributed by atoms with Crippen molar-refractivity contribution in [2.24, 2.45) is 5.92 Å². The summed E-state index contributed by atoms with van der Waals surface area (Å²) in [4.78, 5) is 72.0. The molecule has 7 rings (SSSR count). The summed E-state index contributed by atoms with van der Waals surface area (Å²) in [5.41, 5.74) is 8.08. The lowest BCUT2D eigenvalue weighted by Crippen LogP contribution is -2.56. The molecule has 4 N–H and O–H groups in total. The second-order valence-corrected chi connectivity index (χ2v) is 15.8. The first-order valence-electron chi connectivity index (χ1n) is 20.1. The van der Waals surface area contributed by atoms with Crippen molar-refractivity contribution in [2.45, 2.75) is 90.4 Å². The fourth-order valence-corrected chi connectivity index (χ4v) is 8.09. The number of methoxy groups -OCH3 is 2. The molecule has 5 aromatic rings. The van der Waals surface area contributed by atoms with Gasteiger partial charge in [0, 0.05) is 30.9 Å². The molecule has 2 saturated heterocycles. The maximum absolute atomic E-state index is 13.8. The van der Waals surface area contributed by atoms with Crippen molar-refractivity contribution >= 4 is 45.9 Å². The highest BCUT2D eigenvalue weighted by Crippen LogP contribution is 2.35. The summed E-state index contributed by atoms with van der Waals surface area (Å²) < 4.78 is 9.55. The Morgan fingerprint density at radius 3 is 2.05 bits per heavy atom. The smallest absolute Gasteiger partial charge is 0.425 e. The number of H-pyrrole nitrogens is 2. The zero-order valence-electron chi connectivity index (χ0n) is 34.0. The van der Waals surface area contributed by atoms with Crippen LogP contribution in [0.3, 0.4) is 0 Å². The normalized spacial score (nSPS) is 17.7. The first kappa shape index (κ1) is 40.1. The predicted octanol–water partition coefficient (Wildman–Crippen LogP) is 7.84. The summed E-state index contributed by atoms with van der Waals surface area (Å²) in [5.74, 6) is 1.20. The van der Waals surface area contributed by atoms with E-state index in [0.717, 1.165) is 88.5 Å². The number of carbonyl (C=O) groups is 4. The SMILES string of the molecule is COC(=O)N[C@H](C(=O)N1CCCC[C@H]1c1nc2cc(-c3ccc4cc(-c5c[nH]c([C@@H]6CCCCN6C(=O)N(NC(=O)OC)C(C)C)n5)ccc4c3)ccc2[nH]1)C(C)C. The number of urea groups is 1. The molecule has 2 aliphatic heterocycles. The highest BCUT2D eigenvalue weighted by Gasteiger charge is 2.37. The van der Waals surface area contributed by atoms with Gasteiger partial charge in [0.05, 0.1) is 43.0 Å². The van der Waals surface area contributed by atoms with Gasteiger partial charge in [0.15, 0.2) is 0 Å². The maximum Gasteiger partial charge on any atom is 0.425 e. The minimum atomic E-state index is -0.699. The van der Waals surface area contributed by atoms with Crippen molar-refractivity contribution in [2.75, 3.05) is 27.3 Å². The van der Waals surface area contributed by atoms with E-state index >= 15 is 0 Å². The molecule has 15 heteroatoms. The zero-order valence-corrected chi connectivity index (χ0v) is 34.0. The Morgan fingerprint density at radius 2 is 1.38 bits per heavy atom. The third kappa shape index (κ3) is 8.29. The number of hydrogen-bond donors (Lipinski definition) is 4. The van der Waals surface area contributed by atoms with E-state index in [0.29, 0.717) is 18.9 Å². The third-order valence-electron chi connectivity index (χ3n) is 11.2. The molecule has 3 atom stereocenters. The Balaban J connectivity index is 1.09. The van der Waals surface area contributed by atoms with Crippen molar-refractivity contribution in [3.63, 3.8) is 0 Å². The van der Waals surface area contributed by atoms with Crippen LogP contribution in [-0.4, -0.2) is 98.3 Å². The van der Waals surface area contributed by atoms with Crippen LogP contribution in [0.2, 0.25) is 0 Å². The number of amides is 5. The van der Waals surface area contributed by atoms with Crippen LogP contribution in [0, 0.1) is 5.92 Å². The van der Waals surface area contributed by atoms with Gasteiger partial charge < -0.3 is 34.6 Å². The van der Waals surface area contributed by atoms with E-state index in [1.54, 1.807) is 4.90 Å². The summed E-state index contributed by atoms with van der Waals surface area (Å²) in [7, 11) is 2.57. The van der Waals surface area contributed by atoms with Gasteiger partial charge in [0.1, 0.15) is 17.7 Å². The zero-order chi connectivity index (χ0) is 41.1. The Labute approximate surface area is 337 Å². The van der Waals surface area contributed by atoms with Crippen LogP contribution in [-0.2, 0) is 14.3 Å². The van der Waals surface area contributed by atoms with Gasteiger partial charge in [0.2, 0.25) is 5.91 Å². The highest BCUT2D eigenvalue weighted by atomic mass is 16.5. The first-order valence-corrected chi connectivity index (χ1v) is 20.1. The lowest BCUT2D eigenvalue weighted by molar-refractivity contribution is -0.138. The van der Waals surface area contributed by atoms with Gasteiger partial charge in [0.25, 0.3) is 0 Å². The van der Waals surface area contributed by atoms with Gasteiger partial charge in [-0.05, 0) is 104 Å². The molecule has 0 spiro atoms. The fourth-order valence-electron chi connectivity index (χ4n) is 8.09. The van der Waals surface area contributed by atoms with E-state index in [1.807, 2.05) is 44.9 Å². The number of benzene rings is 3. The molecule has 0 unspecified atom stereocenters. The van der Waals surface area contributed by atoms with E-state index in [2.05, 4.69) is 69.2 Å². The molecule has 306 valence electrons. The van der Waals surface area contributed by atoms with E-state index in [-0.39, 0.29) is 36.0 Å². The molecule has 0 bridgehead atoms. The average Bonchev–Trinajstić information content (AvgIpc) is 3.91. The average molecular weight is 792 g/mol. The van der Waals surface area contributed by atoms with Crippen LogP contribution < -0.4 is 10.7 Å². The molecule has 15 nitrogen and oxygen atoms in total. The molecule has 58 heavy (non-hydrogen) atoms. The fraction of sp³-hybridized carbons (Fsp3) is 0.442. The molecular formula is C43H53N9O6. The number of ether oxygens (including phenoxy) is 2. The topological polar surface area (TPSA) is 178 Å². The monoisotopic (exact) mass is 791 g/mol. The summed E-state index contributed by atoms with van der Waals surface area (Å²) in [6.45, 7) is 8.64. The van der Waals surface area contributed by atoms with Gasteiger partial charge in [-0.15, -0.1) is 0 Å². The summed E-state index contributed by atoms with van der Waals surface area (Å²) in [5, 5.41) is 6.17. The van der Waals surface area contributed by atoms with Crippen molar-refractivity contribution in [1.29, 1.82) is 0 Å². The molecule has 2 fully saturated rings. The van der Waals surface area contributed by atoms with Crippen molar-refractivity contribution < 1.29 is 28.7 Å². The number of fused-ring (bicyclic) bond motifs is 2. The van der Waals surface area contributed by atoms with Crippen LogP contribution in [0.25, 0.3) is 44.2 Å². The van der Waals surface area contributed by atoms with Crippen LogP contribution in [0.1, 0.15) is 90.0 Å². The standard InChI is InChI=1S/C43H53N9O6/c1-25(2)37(48-41(54)57-5)40(53)50-19-9-7-12-36(50)39-45-32-18-17-30(23-33(32)46-39)28-13-14-29-22-31(16-15-27(29)21-28)34-24-44-38(47-34)35-11-8-10-20-51(35)43(56)52(26(3)4)49-42(55)58-6/h13-18,21-26,35-37H,7-12,19-20H2,1-6H3,(H,44,47)(H,45,46)(H,48,54)(H,49,55)/t35-,36-,37-/m0/s1. The second kappa shape index (κ2) is 17.2. The molecule has 0 radical (unpaired) electrons. The maximum atomic E-state index is 13.8. The number of imidazole rings is 2. The van der Waals surface area contributed by atoms with Crippen LogP contribution in [0.15, 0.2) is 60.8 Å². The minimum absolute atomic E-state index is 0.114. The van der Waals surface area contributed by atoms with Gasteiger partial charge in [-0.25, -0.2) is 34.8 Å². The number of carbonyl (C=O) groups excluding carboxylic acids is 4. The number of aromatic amines is 2. The molecule has 3 aromatic carbocycles. The Bertz CT molecular complexity index is 2300. The third-order valence-corrected chi connectivity index (χ3v) is 11.2. The van der Waals surface area contributed by atoms with E-state index in [9.17, 15) is 19.2 Å². The number of rotatable bonds is 8. The number of nitrogens with one attached hydrogen (secondary N) is 4. The highest BCUT2D eigenvalue weighted by molar-refractivity contribution is 5.92. The van der Waals surface area contributed by atoms with Crippen LogP contribution >= 0.6 is 0 Å². The second-order valence-electron chi connectivity index (χ2n) is 15.8. The molecule has 5 amide bonds. The minimum Gasteiger partial charge on any atom is -0.453 e. The van der Waals surface area contributed by atoms with Crippen LogP contribution in [0.4, 0.5) is 14.4 Å². The molecule has 0 saturated carbocycles. The summed E-state index contributed by atoms with van der Waals surface area (Å²) in [6, 6.07) is 17.1. The molecular weight excluding hydrogens is 739 g/mol. The molecule has 2 aromatic heterocycles. The largest absolute Gasteiger partial charge is 0.453 e. The number of alkyl carbamates (subject to hydrolysis) is 1. The quantitative estimate of drug-likeness (QED) is 0.115. The molecule has 0 aliphatic carbocycles. The van der Waals surface area contributed by atoms with Crippen molar-refractivity contribution in [3.8, 4) is 22.4 Å². The Hall–Kier alpha value is -6.12. The van der Waals surface area contributed by atoms with Gasteiger partial charge in [-0.2, -0.15) is 0 Å². The molecule has 2 aliphatic rings. The number of likely N-dealkylation sites (tertiary alicyclic amines) is 2. The molecule has 4 heterocycles. The van der Waals surface area contributed by atoms with Gasteiger partial charge in [-0.3, -0.25) is 4.79 Å². The number of hydrazine groups is 1. The lowest BCUT2D eigenvalue weighted by atomic mass is 9.97. The van der Waals surface area contributed by atoms with E-state index in [4.69, 9.17) is 19.4 Å². The predicted molar refractivity (Wildman–Crippen MR) is 220 cm³/mol. The summed E-state index contributed by atoms with van der Waals surface area (Å²) in [6.07, 6.45) is 5.78. The van der Waals surface area contributed by atoms with Gasteiger partial charge in [-0.1, -0.05) is 44.2 Å². The Morgan fingerprint density at radius 1 is 0.759 bits per heavy atom. The first-order chi connectivity index (χ1) is 27.9. The van der Waals surface area contributed by atoms with Crippen molar-refractivity contribution in [1.82, 2.24) is 45.5 Å². The summed E-state index contributed by atoms with van der Waals surface area (Å²) >= 11 is 0.